The number of halogens is 2. The molecule has 0 aliphatic rings. The molecular weight excluding hydrogens is 433 g/mol. The summed E-state index contributed by atoms with van der Waals surface area (Å²) in [6.45, 7) is 4.90. The molecule has 1 atom stereocenters. The minimum Gasteiger partial charge on any atom is -0.478 e. The van der Waals surface area contributed by atoms with Gasteiger partial charge in [-0.1, -0.05) is 66.7 Å². The molecule has 0 spiro atoms. The lowest BCUT2D eigenvalue weighted by molar-refractivity contribution is 0.0696. The summed E-state index contributed by atoms with van der Waals surface area (Å²) >= 11 is 5.96. The molecular formula is C25H25Cl2NO3. The molecule has 0 amide bonds. The molecule has 0 fully saturated rings. The predicted octanol–water partition coefficient (Wildman–Crippen LogP) is 5.64. The first kappa shape index (κ1) is 24.6. The summed E-state index contributed by atoms with van der Waals surface area (Å²) in [5.74, 6) is -0.959. The lowest BCUT2D eigenvalue weighted by Crippen LogP contribution is -2.23. The van der Waals surface area contributed by atoms with E-state index in [0.717, 1.165) is 29.7 Å². The van der Waals surface area contributed by atoms with Crippen molar-refractivity contribution >= 4 is 36.1 Å². The fraction of sp³-hybridized carbons (Fsp3) is 0.160. The third kappa shape index (κ3) is 6.68. The van der Waals surface area contributed by atoms with E-state index in [-0.39, 0.29) is 18.0 Å². The van der Waals surface area contributed by atoms with Gasteiger partial charge in [-0.3, -0.25) is 0 Å². The Balaban J connectivity index is 0.00000341. The number of rotatable bonds is 9. The van der Waals surface area contributed by atoms with E-state index < -0.39 is 12.1 Å². The van der Waals surface area contributed by atoms with Gasteiger partial charge < -0.3 is 15.5 Å². The first-order chi connectivity index (χ1) is 14.5. The highest BCUT2D eigenvalue weighted by atomic mass is 35.5. The maximum Gasteiger partial charge on any atom is 0.336 e. The van der Waals surface area contributed by atoms with Crippen LogP contribution in [0.25, 0.3) is 17.2 Å². The van der Waals surface area contributed by atoms with Crippen LogP contribution in [-0.2, 0) is 6.42 Å². The van der Waals surface area contributed by atoms with E-state index >= 15 is 0 Å². The van der Waals surface area contributed by atoms with E-state index in [1.807, 2.05) is 36.4 Å². The van der Waals surface area contributed by atoms with Gasteiger partial charge in [-0.15, -0.1) is 12.4 Å². The molecule has 0 heterocycles. The van der Waals surface area contributed by atoms with Crippen molar-refractivity contribution in [2.75, 3.05) is 13.1 Å². The average Bonchev–Trinajstić information content (AvgIpc) is 2.76. The highest BCUT2D eigenvalue weighted by Gasteiger charge is 2.10. The van der Waals surface area contributed by atoms with Crippen LogP contribution in [0, 0.1) is 0 Å². The number of hydrogen-bond donors (Lipinski definition) is 3. The zero-order chi connectivity index (χ0) is 21.5. The van der Waals surface area contributed by atoms with Gasteiger partial charge in [0.2, 0.25) is 0 Å². The van der Waals surface area contributed by atoms with E-state index in [0.29, 0.717) is 17.1 Å². The third-order valence-corrected chi connectivity index (χ3v) is 5.19. The zero-order valence-electron chi connectivity index (χ0n) is 16.9. The van der Waals surface area contributed by atoms with Crippen molar-refractivity contribution < 1.29 is 15.0 Å². The number of nitrogens with one attached hydrogen (secondary N) is 1. The van der Waals surface area contributed by atoms with Crippen molar-refractivity contribution in [3.8, 4) is 11.1 Å². The van der Waals surface area contributed by atoms with Crippen LogP contribution in [0.15, 0.2) is 73.3 Å². The van der Waals surface area contributed by atoms with Crippen LogP contribution in [0.1, 0.15) is 33.2 Å². The summed E-state index contributed by atoms with van der Waals surface area (Å²) in [5, 5.41) is 23.4. The minimum absolute atomic E-state index is 0. The van der Waals surface area contributed by atoms with Crippen LogP contribution >= 0.6 is 24.0 Å². The number of hydrogen-bond acceptors (Lipinski definition) is 3. The van der Waals surface area contributed by atoms with Gasteiger partial charge in [0.25, 0.3) is 0 Å². The molecule has 3 aromatic carbocycles. The van der Waals surface area contributed by atoms with Crippen LogP contribution in [-0.4, -0.2) is 29.3 Å². The average molecular weight is 458 g/mol. The van der Waals surface area contributed by atoms with Gasteiger partial charge in [0, 0.05) is 11.6 Å². The molecule has 0 radical (unpaired) electrons. The van der Waals surface area contributed by atoms with Crippen LogP contribution in [0.3, 0.4) is 0 Å². The highest BCUT2D eigenvalue weighted by molar-refractivity contribution is 6.30. The molecule has 31 heavy (non-hydrogen) atoms. The maximum absolute atomic E-state index is 11.3. The summed E-state index contributed by atoms with van der Waals surface area (Å²) in [7, 11) is 0. The molecule has 0 aromatic heterocycles. The van der Waals surface area contributed by atoms with E-state index in [9.17, 15) is 15.0 Å². The van der Waals surface area contributed by atoms with Gasteiger partial charge in [-0.25, -0.2) is 4.79 Å². The summed E-state index contributed by atoms with van der Waals surface area (Å²) in [4.78, 5) is 11.3. The molecule has 0 aliphatic carbocycles. The molecule has 6 heteroatoms. The van der Waals surface area contributed by atoms with Crippen LogP contribution in [0.4, 0.5) is 0 Å². The Morgan fingerprint density at radius 3 is 2.42 bits per heavy atom. The van der Waals surface area contributed by atoms with Crippen LogP contribution < -0.4 is 5.32 Å². The fourth-order valence-corrected chi connectivity index (χ4v) is 3.47. The molecule has 3 aromatic rings. The zero-order valence-corrected chi connectivity index (χ0v) is 18.5. The van der Waals surface area contributed by atoms with Gasteiger partial charge >= 0.3 is 5.97 Å². The van der Waals surface area contributed by atoms with E-state index in [4.69, 9.17) is 11.6 Å². The molecule has 162 valence electrons. The second-order valence-electron chi connectivity index (χ2n) is 7.03. The van der Waals surface area contributed by atoms with Crippen molar-refractivity contribution in [3.05, 3.63) is 101 Å². The quantitative estimate of drug-likeness (QED) is 0.363. The van der Waals surface area contributed by atoms with Crippen molar-refractivity contribution in [2.24, 2.45) is 0 Å². The maximum atomic E-state index is 11.3. The van der Waals surface area contributed by atoms with Gasteiger partial charge in [-0.05, 0) is 65.0 Å². The standard InChI is InChI=1S/C25H24ClNO3.ClH/c1-2-18-14-20(10-11-23(18)25(29)30)19-8-6-17(7-9-19)12-13-27-16-24(28)21-4-3-5-22(26)15-21;/h2-11,14-15,24,27-28H,1,12-13,16H2,(H,29,30);1H/t24-;/m0./s1. The summed E-state index contributed by atoms with van der Waals surface area (Å²) in [6, 6.07) is 20.7. The van der Waals surface area contributed by atoms with Crippen LogP contribution in [0.5, 0.6) is 0 Å². The lowest BCUT2D eigenvalue weighted by atomic mass is 9.98. The van der Waals surface area contributed by atoms with Crippen LogP contribution in [0.2, 0.25) is 5.02 Å². The normalized spacial score (nSPS) is 11.4. The van der Waals surface area contributed by atoms with Gasteiger partial charge in [-0.2, -0.15) is 0 Å². The predicted molar refractivity (Wildman–Crippen MR) is 129 cm³/mol. The van der Waals surface area contributed by atoms with E-state index in [1.54, 1.807) is 24.3 Å². The number of aliphatic hydroxyl groups is 1. The van der Waals surface area contributed by atoms with Gasteiger partial charge in [0.15, 0.2) is 0 Å². The Morgan fingerprint density at radius 1 is 1.06 bits per heavy atom. The molecule has 0 bridgehead atoms. The topological polar surface area (TPSA) is 69.6 Å². The molecule has 0 saturated heterocycles. The lowest BCUT2D eigenvalue weighted by Gasteiger charge is -2.13. The van der Waals surface area contributed by atoms with Gasteiger partial charge in [0.05, 0.1) is 11.7 Å². The molecule has 0 aliphatic heterocycles. The van der Waals surface area contributed by atoms with Gasteiger partial charge in [0.1, 0.15) is 0 Å². The Kier molecular flexibility index (Phi) is 9.28. The van der Waals surface area contributed by atoms with E-state index in [2.05, 4.69) is 24.0 Å². The highest BCUT2D eigenvalue weighted by Crippen LogP contribution is 2.24. The Labute approximate surface area is 193 Å². The first-order valence-corrected chi connectivity index (χ1v) is 10.1. The number of benzene rings is 3. The minimum atomic E-state index is -0.959. The summed E-state index contributed by atoms with van der Waals surface area (Å²) in [5.41, 5.74) is 4.79. The first-order valence-electron chi connectivity index (χ1n) is 9.71. The Hall–Kier alpha value is -2.63. The number of aliphatic hydroxyl groups excluding tert-OH is 1. The van der Waals surface area contributed by atoms with Crippen molar-refractivity contribution in [1.29, 1.82) is 0 Å². The second-order valence-corrected chi connectivity index (χ2v) is 7.47. The third-order valence-electron chi connectivity index (χ3n) is 4.95. The largest absolute Gasteiger partial charge is 0.478 e. The fourth-order valence-electron chi connectivity index (χ4n) is 3.27. The number of carbonyl (C=O) groups is 1. The monoisotopic (exact) mass is 457 g/mol. The SMILES string of the molecule is C=Cc1cc(-c2ccc(CCNC[C@H](O)c3cccc(Cl)c3)cc2)ccc1C(=O)O.Cl. The summed E-state index contributed by atoms with van der Waals surface area (Å²) < 4.78 is 0. The smallest absolute Gasteiger partial charge is 0.336 e. The molecule has 4 nitrogen and oxygen atoms in total. The van der Waals surface area contributed by atoms with Crippen molar-refractivity contribution in [1.82, 2.24) is 5.32 Å². The number of carboxylic acids is 1. The summed E-state index contributed by atoms with van der Waals surface area (Å²) in [6.07, 6.45) is 1.79. The molecule has 0 unspecified atom stereocenters. The Bertz CT molecular complexity index is 1040. The molecule has 3 N–H and O–H groups in total. The van der Waals surface area contributed by atoms with Crippen molar-refractivity contribution in [2.45, 2.75) is 12.5 Å². The van der Waals surface area contributed by atoms with E-state index in [1.165, 1.54) is 5.56 Å². The second kappa shape index (κ2) is 11.7. The number of aromatic carboxylic acids is 1. The Morgan fingerprint density at radius 2 is 1.77 bits per heavy atom. The number of carboxylic acid groups (broad SMARTS) is 1. The molecule has 3 rings (SSSR count). The molecule has 0 saturated carbocycles. The van der Waals surface area contributed by atoms with Crippen molar-refractivity contribution in [3.63, 3.8) is 0 Å².